The Morgan fingerprint density at radius 1 is 1.39 bits per heavy atom. The second kappa shape index (κ2) is 5.87. The van der Waals surface area contributed by atoms with E-state index in [0.29, 0.717) is 17.3 Å². The summed E-state index contributed by atoms with van der Waals surface area (Å²) in [4.78, 5) is 14.5. The summed E-state index contributed by atoms with van der Waals surface area (Å²) in [6.07, 6.45) is 4.70. The Hall–Kier alpha value is -1.55. The van der Waals surface area contributed by atoms with Crippen LogP contribution in [0.1, 0.15) is 43.0 Å². The number of amides is 1. The van der Waals surface area contributed by atoms with Gasteiger partial charge in [0, 0.05) is 12.6 Å². The molecule has 98 valence electrons. The van der Waals surface area contributed by atoms with E-state index < -0.39 is 0 Å². The molecule has 0 unspecified atom stereocenters. The van der Waals surface area contributed by atoms with Crippen LogP contribution in [0, 0.1) is 0 Å². The van der Waals surface area contributed by atoms with Crippen LogP contribution in [0.2, 0.25) is 0 Å². The van der Waals surface area contributed by atoms with Crippen LogP contribution in [0.5, 0.6) is 0 Å². The molecule has 0 bridgehead atoms. The van der Waals surface area contributed by atoms with Gasteiger partial charge in [0.15, 0.2) is 0 Å². The highest BCUT2D eigenvalue weighted by atomic mass is 16.2. The topological polar surface area (TPSA) is 58.4 Å². The van der Waals surface area contributed by atoms with E-state index in [0.717, 1.165) is 19.4 Å². The van der Waals surface area contributed by atoms with E-state index in [1.807, 2.05) is 36.1 Å². The van der Waals surface area contributed by atoms with Crippen LogP contribution in [0.4, 0.5) is 5.69 Å². The Bertz CT molecular complexity index is 413. The summed E-state index contributed by atoms with van der Waals surface area (Å²) >= 11 is 0. The van der Waals surface area contributed by atoms with E-state index in [1.54, 1.807) is 0 Å². The van der Waals surface area contributed by atoms with E-state index in [9.17, 15) is 4.79 Å². The zero-order valence-electron chi connectivity index (χ0n) is 10.9. The number of hydrogen-bond donors (Lipinski definition) is 2. The van der Waals surface area contributed by atoms with Crippen molar-refractivity contribution in [1.82, 2.24) is 4.90 Å². The summed E-state index contributed by atoms with van der Waals surface area (Å²) in [6, 6.07) is 7.80. The SMILES string of the molecule is CCN(C(=O)c1ccccc1NN)C1CCCC1. The normalized spacial score (nSPS) is 15.7. The fourth-order valence-electron chi connectivity index (χ4n) is 2.73. The number of nitrogens with one attached hydrogen (secondary N) is 1. The first-order chi connectivity index (χ1) is 8.77. The van der Waals surface area contributed by atoms with Crippen LogP contribution >= 0.6 is 0 Å². The molecule has 0 aromatic heterocycles. The molecule has 0 atom stereocenters. The molecule has 0 heterocycles. The number of hydrazine groups is 1. The van der Waals surface area contributed by atoms with Crippen LogP contribution in [0.3, 0.4) is 0 Å². The van der Waals surface area contributed by atoms with Crippen LogP contribution < -0.4 is 11.3 Å². The Morgan fingerprint density at radius 3 is 2.67 bits per heavy atom. The van der Waals surface area contributed by atoms with E-state index >= 15 is 0 Å². The first-order valence-corrected chi connectivity index (χ1v) is 6.64. The van der Waals surface area contributed by atoms with Crippen molar-refractivity contribution >= 4 is 11.6 Å². The zero-order chi connectivity index (χ0) is 13.0. The molecule has 0 saturated heterocycles. The predicted octanol–water partition coefficient (Wildman–Crippen LogP) is 2.38. The molecule has 4 nitrogen and oxygen atoms in total. The Kier molecular flexibility index (Phi) is 4.20. The first kappa shape index (κ1) is 12.9. The smallest absolute Gasteiger partial charge is 0.256 e. The maximum atomic E-state index is 12.6. The molecule has 1 amide bonds. The van der Waals surface area contributed by atoms with E-state index in [2.05, 4.69) is 5.43 Å². The highest BCUT2D eigenvalue weighted by molar-refractivity contribution is 5.99. The van der Waals surface area contributed by atoms with Crippen LogP contribution in [0.15, 0.2) is 24.3 Å². The summed E-state index contributed by atoms with van der Waals surface area (Å²) in [6.45, 7) is 2.79. The minimum Gasteiger partial charge on any atom is -0.336 e. The van der Waals surface area contributed by atoms with Crippen LogP contribution in [-0.4, -0.2) is 23.4 Å². The largest absolute Gasteiger partial charge is 0.336 e. The minimum atomic E-state index is 0.0814. The number of carbonyl (C=O) groups is 1. The standard InChI is InChI=1S/C14H21N3O/c1-2-17(11-7-3-4-8-11)14(18)12-9-5-6-10-13(12)16-15/h5-6,9-11,16H,2-4,7-8,15H2,1H3. The molecule has 3 N–H and O–H groups in total. The summed E-state index contributed by atoms with van der Waals surface area (Å²) in [5, 5.41) is 0. The maximum absolute atomic E-state index is 12.6. The third-order valence-corrected chi connectivity index (χ3v) is 3.68. The number of anilines is 1. The average molecular weight is 247 g/mol. The quantitative estimate of drug-likeness (QED) is 0.634. The van der Waals surface area contributed by atoms with Crippen molar-refractivity contribution in [2.24, 2.45) is 5.84 Å². The van der Waals surface area contributed by atoms with Crippen LogP contribution in [0.25, 0.3) is 0 Å². The summed E-state index contributed by atoms with van der Waals surface area (Å²) in [5.41, 5.74) is 3.95. The van der Waals surface area contributed by atoms with Gasteiger partial charge in [0.05, 0.1) is 11.3 Å². The van der Waals surface area contributed by atoms with Crippen molar-refractivity contribution < 1.29 is 4.79 Å². The van der Waals surface area contributed by atoms with Crippen molar-refractivity contribution in [2.45, 2.75) is 38.6 Å². The number of rotatable bonds is 4. The monoisotopic (exact) mass is 247 g/mol. The van der Waals surface area contributed by atoms with Gasteiger partial charge in [-0.25, -0.2) is 0 Å². The van der Waals surface area contributed by atoms with Gasteiger partial charge in [-0.05, 0) is 31.9 Å². The first-order valence-electron chi connectivity index (χ1n) is 6.64. The maximum Gasteiger partial charge on any atom is 0.256 e. The van der Waals surface area contributed by atoms with Crippen molar-refractivity contribution in [3.63, 3.8) is 0 Å². The second-order valence-corrected chi connectivity index (χ2v) is 4.72. The molecule has 0 radical (unpaired) electrons. The molecule has 4 heteroatoms. The molecule has 18 heavy (non-hydrogen) atoms. The average Bonchev–Trinajstić information content (AvgIpc) is 2.93. The Labute approximate surface area is 108 Å². The second-order valence-electron chi connectivity index (χ2n) is 4.72. The number of nitrogen functional groups attached to an aromatic ring is 1. The number of hydrogen-bond acceptors (Lipinski definition) is 3. The highest BCUT2D eigenvalue weighted by Crippen LogP contribution is 2.26. The summed E-state index contributed by atoms with van der Waals surface area (Å²) < 4.78 is 0. The molecule has 1 aromatic carbocycles. The number of nitrogens with two attached hydrogens (primary N) is 1. The highest BCUT2D eigenvalue weighted by Gasteiger charge is 2.27. The molecular weight excluding hydrogens is 226 g/mol. The van der Waals surface area contributed by atoms with Gasteiger partial charge in [-0.1, -0.05) is 25.0 Å². The predicted molar refractivity (Wildman–Crippen MR) is 73.2 cm³/mol. The number of carbonyl (C=O) groups excluding carboxylic acids is 1. The lowest BCUT2D eigenvalue weighted by atomic mass is 10.1. The van der Waals surface area contributed by atoms with Gasteiger partial charge in [-0.2, -0.15) is 0 Å². The van der Waals surface area contributed by atoms with Crippen molar-refractivity contribution in [3.8, 4) is 0 Å². The van der Waals surface area contributed by atoms with Crippen molar-refractivity contribution in [2.75, 3.05) is 12.0 Å². The lowest BCUT2D eigenvalue weighted by Gasteiger charge is -2.28. The van der Waals surface area contributed by atoms with E-state index in [1.165, 1.54) is 12.8 Å². The van der Waals surface area contributed by atoms with Gasteiger partial charge >= 0.3 is 0 Å². The third-order valence-electron chi connectivity index (χ3n) is 3.68. The fourth-order valence-corrected chi connectivity index (χ4v) is 2.73. The molecule has 1 aliphatic rings. The Morgan fingerprint density at radius 2 is 2.06 bits per heavy atom. The molecule has 0 spiro atoms. The molecule has 1 fully saturated rings. The van der Waals surface area contributed by atoms with Gasteiger partial charge in [0.25, 0.3) is 5.91 Å². The van der Waals surface area contributed by atoms with Gasteiger partial charge in [0.1, 0.15) is 0 Å². The fraction of sp³-hybridized carbons (Fsp3) is 0.500. The molecule has 0 aliphatic heterocycles. The lowest BCUT2D eigenvalue weighted by Crippen LogP contribution is -2.39. The molecule has 1 aromatic rings. The van der Waals surface area contributed by atoms with E-state index in [-0.39, 0.29) is 5.91 Å². The summed E-state index contributed by atoms with van der Waals surface area (Å²) in [7, 11) is 0. The van der Waals surface area contributed by atoms with Gasteiger partial charge in [0.2, 0.25) is 0 Å². The third kappa shape index (κ3) is 2.48. The number of nitrogens with zero attached hydrogens (tertiary/aromatic N) is 1. The van der Waals surface area contributed by atoms with Crippen molar-refractivity contribution in [1.29, 1.82) is 0 Å². The number of benzene rings is 1. The lowest BCUT2D eigenvalue weighted by molar-refractivity contribution is 0.0694. The zero-order valence-corrected chi connectivity index (χ0v) is 10.9. The van der Waals surface area contributed by atoms with E-state index in [4.69, 9.17) is 5.84 Å². The molecule has 1 saturated carbocycles. The number of para-hydroxylation sites is 1. The molecule has 1 aliphatic carbocycles. The van der Waals surface area contributed by atoms with Crippen LogP contribution in [-0.2, 0) is 0 Å². The molecule has 2 rings (SSSR count). The van der Waals surface area contributed by atoms with Gasteiger partial charge in [-0.15, -0.1) is 0 Å². The molecular formula is C14H21N3O. The van der Waals surface area contributed by atoms with Gasteiger partial charge in [-0.3, -0.25) is 10.6 Å². The Balaban J connectivity index is 2.22. The summed E-state index contributed by atoms with van der Waals surface area (Å²) in [5.74, 6) is 5.54. The minimum absolute atomic E-state index is 0.0814. The van der Waals surface area contributed by atoms with Gasteiger partial charge < -0.3 is 10.3 Å². The van der Waals surface area contributed by atoms with Crippen molar-refractivity contribution in [3.05, 3.63) is 29.8 Å².